The van der Waals surface area contributed by atoms with Crippen molar-refractivity contribution in [2.24, 2.45) is 7.05 Å². The van der Waals surface area contributed by atoms with Gasteiger partial charge in [-0.15, -0.1) is 11.3 Å². The number of anilines is 1. The number of hydrogen-bond donors (Lipinski definition) is 1. The minimum Gasteiger partial charge on any atom is -0.375 e. The summed E-state index contributed by atoms with van der Waals surface area (Å²) in [5.41, 5.74) is 1.05. The van der Waals surface area contributed by atoms with Crippen molar-refractivity contribution in [1.82, 2.24) is 9.78 Å². The minimum atomic E-state index is 0.311. The van der Waals surface area contributed by atoms with E-state index in [9.17, 15) is 0 Å². The van der Waals surface area contributed by atoms with Crippen LogP contribution in [0.2, 0.25) is 0 Å². The first kappa shape index (κ1) is 10.7. The van der Waals surface area contributed by atoms with Crippen LogP contribution in [0.5, 0.6) is 0 Å². The molecule has 1 N–H and O–H groups in total. The molecule has 0 spiro atoms. The molecule has 5 heteroatoms. The Balaban J connectivity index is 2.06. The van der Waals surface area contributed by atoms with E-state index in [0.717, 1.165) is 9.47 Å². The highest BCUT2D eigenvalue weighted by Crippen LogP contribution is 2.28. The van der Waals surface area contributed by atoms with E-state index in [-0.39, 0.29) is 0 Å². The molecule has 2 heterocycles. The fraction of sp³-hybridized carbons (Fsp3) is 0.300. The Bertz CT molecular complexity index is 449. The predicted molar refractivity (Wildman–Crippen MR) is 67.3 cm³/mol. The van der Waals surface area contributed by atoms with Gasteiger partial charge in [0.2, 0.25) is 0 Å². The molecule has 0 aliphatic carbocycles. The van der Waals surface area contributed by atoms with Crippen molar-refractivity contribution < 1.29 is 0 Å². The fourth-order valence-corrected chi connectivity index (χ4v) is 2.80. The quantitative estimate of drug-likeness (QED) is 0.937. The molecule has 1 unspecified atom stereocenters. The lowest BCUT2D eigenvalue weighted by molar-refractivity contribution is 0.767. The molecule has 3 nitrogen and oxygen atoms in total. The lowest BCUT2D eigenvalue weighted by Crippen LogP contribution is -2.03. The summed E-state index contributed by atoms with van der Waals surface area (Å²) in [4.78, 5) is 1.31. The van der Waals surface area contributed by atoms with Gasteiger partial charge in [0.15, 0.2) is 0 Å². The third-order valence-corrected chi connectivity index (χ3v) is 3.92. The van der Waals surface area contributed by atoms with Crippen LogP contribution in [0.25, 0.3) is 0 Å². The first-order valence-electron chi connectivity index (χ1n) is 4.65. The third-order valence-electron chi connectivity index (χ3n) is 2.11. The van der Waals surface area contributed by atoms with E-state index in [1.165, 1.54) is 4.88 Å². The van der Waals surface area contributed by atoms with Gasteiger partial charge in [0.25, 0.3) is 0 Å². The Morgan fingerprint density at radius 1 is 1.53 bits per heavy atom. The topological polar surface area (TPSA) is 29.9 Å². The van der Waals surface area contributed by atoms with Crippen molar-refractivity contribution in [2.45, 2.75) is 13.0 Å². The van der Waals surface area contributed by atoms with E-state index in [1.54, 1.807) is 16.0 Å². The average Bonchev–Trinajstić information content (AvgIpc) is 2.75. The number of thiophene rings is 1. The summed E-state index contributed by atoms with van der Waals surface area (Å²) in [6, 6.07) is 4.51. The molecule has 0 radical (unpaired) electrons. The molecule has 0 saturated heterocycles. The largest absolute Gasteiger partial charge is 0.375 e. The van der Waals surface area contributed by atoms with Gasteiger partial charge in [0, 0.05) is 18.1 Å². The molecule has 0 aliphatic rings. The van der Waals surface area contributed by atoms with Crippen molar-refractivity contribution in [3.63, 3.8) is 0 Å². The molecule has 0 bridgehead atoms. The lowest BCUT2D eigenvalue weighted by Gasteiger charge is -2.10. The molecule has 0 aromatic carbocycles. The Morgan fingerprint density at radius 2 is 2.33 bits per heavy atom. The Labute approximate surface area is 101 Å². The van der Waals surface area contributed by atoms with Gasteiger partial charge >= 0.3 is 0 Å². The highest BCUT2D eigenvalue weighted by Gasteiger charge is 2.08. The second-order valence-electron chi connectivity index (χ2n) is 3.41. The van der Waals surface area contributed by atoms with Crippen LogP contribution in [-0.2, 0) is 7.05 Å². The van der Waals surface area contributed by atoms with E-state index in [4.69, 9.17) is 0 Å². The van der Waals surface area contributed by atoms with Gasteiger partial charge in [-0.3, -0.25) is 4.68 Å². The maximum atomic E-state index is 4.12. The number of aryl methyl sites for hydroxylation is 1. The third kappa shape index (κ3) is 2.60. The summed E-state index contributed by atoms with van der Waals surface area (Å²) in [5, 5.41) is 7.52. The van der Waals surface area contributed by atoms with Gasteiger partial charge in [-0.05, 0) is 35.0 Å². The number of halogens is 1. The standard InChI is InChI=1S/C10H12BrN3S/c1-7(9-3-4-10(11)15-9)13-8-5-12-14(2)6-8/h3-7,13H,1-2H3. The monoisotopic (exact) mass is 285 g/mol. The van der Waals surface area contributed by atoms with E-state index < -0.39 is 0 Å². The van der Waals surface area contributed by atoms with Crippen LogP contribution in [0.4, 0.5) is 5.69 Å². The number of aromatic nitrogens is 2. The van der Waals surface area contributed by atoms with Crippen molar-refractivity contribution in [2.75, 3.05) is 5.32 Å². The Hall–Kier alpha value is -0.810. The molecule has 80 valence electrons. The summed E-state index contributed by atoms with van der Waals surface area (Å²) in [5.74, 6) is 0. The number of nitrogens with zero attached hydrogens (tertiary/aromatic N) is 2. The minimum absolute atomic E-state index is 0.311. The van der Waals surface area contributed by atoms with E-state index in [1.807, 2.05) is 19.4 Å². The molecule has 0 aliphatic heterocycles. The van der Waals surface area contributed by atoms with Crippen LogP contribution in [0.15, 0.2) is 28.3 Å². The van der Waals surface area contributed by atoms with Crippen LogP contribution in [0, 0.1) is 0 Å². The maximum absolute atomic E-state index is 4.12. The number of hydrogen-bond acceptors (Lipinski definition) is 3. The number of rotatable bonds is 3. The second kappa shape index (κ2) is 4.37. The van der Waals surface area contributed by atoms with Gasteiger partial charge in [-0.25, -0.2) is 0 Å². The number of nitrogens with one attached hydrogen (secondary N) is 1. The molecule has 2 aromatic rings. The zero-order valence-electron chi connectivity index (χ0n) is 8.57. The lowest BCUT2D eigenvalue weighted by atomic mass is 10.3. The van der Waals surface area contributed by atoms with Gasteiger partial charge in [-0.1, -0.05) is 0 Å². The van der Waals surface area contributed by atoms with Crippen LogP contribution >= 0.6 is 27.3 Å². The highest BCUT2D eigenvalue weighted by molar-refractivity contribution is 9.11. The van der Waals surface area contributed by atoms with Crippen molar-refractivity contribution in [3.05, 3.63) is 33.2 Å². The van der Waals surface area contributed by atoms with E-state index in [2.05, 4.69) is 45.4 Å². The summed E-state index contributed by atoms with van der Waals surface area (Å²) in [6.45, 7) is 2.14. The summed E-state index contributed by atoms with van der Waals surface area (Å²) in [7, 11) is 1.91. The zero-order valence-corrected chi connectivity index (χ0v) is 11.0. The Morgan fingerprint density at radius 3 is 2.87 bits per heavy atom. The van der Waals surface area contributed by atoms with Crippen LogP contribution < -0.4 is 5.32 Å². The first-order chi connectivity index (χ1) is 7.15. The first-order valence-corrected chi connectivity index (χ1v) is 6.26. The average molecular weight is 286 g/mol. The van der Waals surface area contributed by atoms with E-state index >= 15 is 0 Å². The normalized spacial score (nSPS) is 12.7. The smallest absolute Gasteiger partial charge is 0.0731 e. The van der Waals surface area contributed by atoms with Crippen molar-refractivity contribution >= 4 is 33.0 Å². The summed E-state index contributed by atoms with van der Waals surface area (Å²) in [6.07, 6.45) is 3.80. The molecule has 0 saturated carbocycles. The van der Waals surface area contributed by atoms with Crippen molar-refractivity contribution in [1.29, 1.82) is 0 Å². The fourth-order valence-electron chi connectivity index (χ4n) is 1.38. The molecule has 1 atom stereocenters. The second-order valence-corrected chi connectivity index (χ2v) is 5.91. The summed E-state index contributed by atoms with van der Waals surface area (Å²) >= 11 is 5.21. The molecular formula is C10H12BrN3S. The maximum Gasteiger partial charge on any atom is 0.0731 e. The zero-order chi connectivity index (χ0) is 10.8. The van der Waals surface area contributed by atoms with Crippen LogP contribution in [-0.4, -0.2) is 9.78 Å². The molecule has 0 fully saturated rings. The summed E-state index contributed by atoms with van der Waals surface area (Å²) < 4.78 is 2.96. The highest BCUT2D eigenvalue weighted by atomic mass is 79.9. The van der Waals surface area contributed by atoms with Gasteiger partial charge in [-0.2, -0.15) is 5.10 Å². The molecule has 15 heavy (non-hydrogen) atoms. The molecule has 2 rings (SSSR count). The van der Waals surface area contributed by atoms with E-state index in [0.29, 0.717) is 6.04 Å². The van der Waals surface area contributed by atoms with Crippen LogP contribution in [0.1, 0.15) is 17.8 Å². The van der Waals surface area contributed by atoms with Crippen LogP contribution in [0.3, 0.4) is 0 Å². The van der Waals surface area contributed by atoms with Gasteiger partial charge in [0.1, 0.15) is 0 Å². The molecule has 2 aromatic heterocycles. The Kier molecular flexibility index (Phi) is 3.11. The van der Waals surface area contributed by atoms with Gasteiger partial charge < -0.3 is 5.32 Å². The predicted octanol–water partition coefficient (Wildman–Crippen LogP) is 3.42. The molecule has 0 amide bonds. The van der Waals surface area contributed by atoms with Gasteiger partial charge in [0.05, 0.1) is 21.7 Å². The van der Waals surface area contributed by atoms with Crippen molar-refractivity contribution in [3.8, 4) is 0 Å². The SMILES string of the molecule is CC(Nc1cnn(C)c1)c1ccc(Br)s1. The molecular weight excluding hydrogens is 274 g/mol.